The standard InChI is InChI=1S/C30H32ClNO7/c1-30(2,3)39-29(37)32(17-27(34)19-5-4-6-21(31)13-19)22-9-7-18-8-10-23(15-20(18)14-22)38-24-11-12-26(33)25(16-24)28(35)36/h4-6,8,10-13,15-16,22,27,33-34H,7,9,14,17H2,1-3H3,(H,35,36)/t22-,27+/m0/s1. The number of benzene rings is 3. The lowest BCUT2D eigenvalue weighted by Crippen LogP contribution is -2.47. The molecule has 0 spiro atoms. The van der Waals surface area contributed by atoms with Gasteiger partial charge >= 0.3 is 12.1 Å². The topological polar surface area (TPSA) is 117 Å². The van der Waals surface area contributed by atoms with Gasteiger partial charge in [-0.05, 0) is 99.2 Å². The molecule has 0 aromatic heterocycles. The number of carboxylic acids is 1. The number of aliphatic hydroxyl groups excluding tert-OH is 1. The molecule has 9 heteroatoms. The Morgan fingerprint density at radius 3 is 2.46 bits per heavy atom. The molecule has 1 amide bonds. The van der Waals surface area contributed by atoms with Crippen molar-refractivity contribution in [3.63, 3.8) is 0 Å². The summed E-state index contributed by atoms with van der Waals surface area (Å²) in [4.78, 5) is 26.3. The maximum atomic E-state index is 13.3. The van der Waals surface area contributed by atoms with E-state index < -0.39 is 23.8 Å². The summed E-state index contributed by atoms with van der Waals surface area (Å²) >= 11 is 6.12. The van der Waals surface area contributed by atoms with Crippen LogP contribution < -0.4 is 4.74 Å². The number of aromatic carboxylic acids is 1. The zero-order chi connectivity index (χ0) is 28.3. The summed E-state index contributed by atoms with van der Waals surface area (Å²) in [6, 6.07) is 16.4. The normalized spacial score (nSPS) is 15.7. The van der Waals surface area contributed by atoms with Crippen molar-refractivity contribution in [1.29, 1.82) is 0 Å². The van der Waals surface area contributed by atoms with Crippen LogP contribution in [0, 0.1) is 0 Å². The first-order chi connectivity index (χ1) is 18.4. The van der Waals surface area contributed by atoms with Crippen LogP contribution >= 0.6 is 11.6 Å². The van der Waals surface area contributed by atoms with E-state index in [4.69, 9.17) is 21.1 Å². The van der Waals surface area contributed by atoms with Gasteiger partial charge in [0.25, 0.3) is 0 Å². The highest BCUT2D eigenvalue weighted by Crippen LogP contribution is 2.33. The van der Waals surface area contributed by atoms with Gasteiger partial charge in [0.2, 0.25) is 0 Å². The molecule has 0 aliphatic heterocycles. The molecule has 8 nitrogen and oxygen atoms in total. The Morgan fingerprint density at radius 2 is 1.77 bits per heavy atom. The lowest BCUT2D eigenvalue weighted by atomic mass is 9.87. The predicted molar refractivity (Wildman–Crippen MR) is 147 cm³/mol. The van der Waals surface area contributed by atoms with Gasteiger partial charge in [0.05, 0.1) is 12.6 Å². The molecule has 0 unspecified atom stereocenters. The Morgan fingerprint density at radius 1 is 1.05 bits per heavy atom. The lowest BCUT2D eigenvalue weighted by Gasteiger charge is -2.37. The van der Waals surface area contributed by atoms with Crippen LogP contribution in [0.1, 0.15) is 60.3 Å². The summed E-state index contributed by atoms with van der Waals surface area (Å²) in [5.41, 5.74) is 1.75. The number of aryl methyl sites for hydroxylation is 1. The molecule has 0 bridgehead atoms. The summed E-state index contributed by atoms with van der Waals surface area (Å²) in [7, 11) is 0. The molecule has 0 saturated carbocycles. The van der Waals surface area contributed by atoms with E-state index in [1.807, 2.05) is 12.1 Å². The van der Waals surface area contributed by atoms with Gasteiger partial charge in [0, 0.05) is 11.1 Å². The van der Waals surface area contributed by atoms with Crippen molar-refractivity contribution in [2.24, 2.45) is 0 Å². The summed E-state index contributed by atoms with van der Waals surface area (Å²) in [6.45, 7) is 5.44. The van der Waals surface area contributed by atoms with E-state index in [0.29, 0.717) is 29.2 Å². The molecule has 1 aliphatic rings. The van der Waals surface area contributed by atoms with Crippen molar-refractivity contribution in [2.45, 2.75) is 57.8 Å². The molecular formula is C30H32ClNO7. The summed E-state index contributed by atoms with van der Waals surface area (Å²) in [5, 5.41) is 30.5. The molecule has 3 N–H and O–H groups in total. The van der Waals surface area contributed by atoms with Gasteiger partial charge < -0.3 is 29.7 Å². The van der Waals surface area contributed by atoms with Crippen molar-refractivity contribution in [2.75, 3.05) is 6.54 Å². The molecule has 206 valence electrons. The Bertz CT molecular complexity index is 1370. The number of phenols is 1. The second-order valence-corrected chi connectivity index (χ2v) is 11.1. The van der Waals surface area contributed by atoms with Gasteiger partial charge in [-0.1, -0.05) is 29.8 Å². The highest BCUT2D eigenvalue weighted by Gasteiger charge is 2.33. The van der Waals surface area contributed by atoms with Crippen LogP contribution in [-0.4, -0.2) is 50.5 Å². The van der Waals surface area contributed by atoms with Crippen LogP contribution in [0.15, 0.2) is 60.7 Å². The van der Waals surface area contributed by atoms with Crippen molar-refractivity contribution in [3.05, 3.63) is 87.9 Å². The van der Waals surface area contributed by atoms with Gasteiger partial charge in [-0.25, -0.2) is 9.59 Å². The third-order valence-corrected chi connectivity index (χ3v) is 6.72. The highest BCUT2D eigenvalue weighted by atomic mass is 35.5. The van der Waals surface area contributed by atoms with Crippen molar-refractivity contribution in [1.82, 2.24) is 4.90 Å². The van der Waals surface area contributed by atoms with Crippen LogP contribution in [-0.2, 0) is 17.6 Å². The minimum Gasteiger partial charge on any atom is -0.507 e. The van der Waals surface area contributed by atoms with Gasteiger partial charge in [-0.3, -0.25) is 0 Å². The van der Waals surface area contributed by atoms with Gasteiger partial charge in [0.1, 0.15) is 28.4 Å². The Hall–Kier alpha value is -3.75. The van der Waals surface area contributed by atoms with Crippen LogP contribution in [0.3, 0.4) is 0 Å². The van der Waals surface area contributed by atoms with Crippen molar-refractivity contribution >= 4 is 23.7 Å². The average molecular weight is 554 g/mol. The third kappa shape index (κ3) is 7.22. The Labute approximate surface area is 232 Å². The van der Waals surface area contributed by atoms with E-state index in [0.717, 1.165) is 17.5 Å². The van der Waals surface area contributed by atoms with E-state index in [1.54, 1.807) is 56.0 Å². The summed E-state index contributed by atoms with van der Waals surface area (Å²) in [5.74, 6) is -0.824. The molecule has 39 heavy (non-hydrogen) atoms. The quantitative estimate of drug-likeness (QED) is 0.311. The Kier molecular flexibility index (Phi) is 8.37. The fourth-order valence-electron chi connectivity index (χ4n) is 4.63. The van der Waals surface area contributed by atoms with Crippen molar-refractivity contribution < 1.29 is 34.4 Å². The number of carboxylic acid groups (broad SMARTS) is 1. The first kappa shape index (κ1) is 28.3. The number of carbonyl (C=O) groups excluding carboxylic acids is 1. The fourth-order valence-corrected chi connectivity index (χ4v) is 4.83. The van der Waals surface area contributed by atoms with Gasteiger partial charge in [-0.2, -0.15) is 0 Å². The molecule has 0 heterocycles. The highest BCUT2D eigenvalue weighted by molar-refractivity contribution is 6.30. The van der Waals surface area contributed by atoms with Crippen molar-refractivity contribution in [3.8, 4) is 17.2 Å². The first-order valence-corrected chi connectivity index (χ1v) is 13.1. The molecule has 0 saturated heterocycles. The van der Waals surface area contributed by atoms with Crippen LogP contribution in [0.2, 0.25) is 5.02 Å². The zero-order valence-electron chi connectivity index (χ0n) is 22.1. The smallest absolute Gasteiger partial charge is 0.410 e. The number of nitrogens with zero attached hydrogens (tertiary/aromatic N) is 1. The number of rotatable bonds is 7. The van der Waals surface area contributed by atoms with Crippen LogP contribution in [0.25, 0.3) is 0 Å². The average Bonchev–Trinajstić information content (AvgIpc) is 2.86. The molecule has 2 atom stereocenters. The lowest BCUT2D eigenvalue weighted by molar-refractivity contribution is 0.00194. The SMILES string of the molecule is CC(C)(C)OC(=O)N(C[C@@H](O)c1cccc(Cl)c1)[C@H]1CCc2ccc(Oc3ccc(O)c(C(=O)O)c3)cc2C1. The second kappa shape index (κ2) is 11.6. The molecular weight excluding hydrogens is 522 g/mol. The minimum atomic E-state index is -1.26. The molecule has 0 radical (unpaired) electrons. The molecule has 0 fully saturated rings. The molecule has 1 aliphatic carbocycles. The van der Waals surface area contributed by atoms with Crippen LogP contribution in [0.4, 0.5) is 4.79 Å². The van der Waals surface area contributed by atoms with E-state index in [2.05, 4.69) is 0 Å². The number of carbonyl (C=O) groups is 2. The first-order valence-electron chi connectivity index (χ1n) is 12.7. The molecule has 3 aromatic carbocycles. The maximum absolute atomic E-state index is 13.3. The Balaban J connectivity index is 1.56. The number of hydrogen-bond donors (Lipinski definition) is 3. The monoisotopic (exact) mass is 553 g/mol. The van der Waals surface area contributed by atoms with E-state index >= 15 is 0 Å². The largest absolute Gasteiger partial charge is 0.507 e. The number of aromatic hydroxyl groups is 1. The van der Waals surface area contributed by atoms with Gasteiger partial charge in [0.15, 0.2) is 0 Å². The number of amides is 1. The second-order valence-electron chi connectivity index (χ2n) is 10.6. The fraction of sp³-hybridized carbons (Fsp3) is 0.333. The van der Waals surface area contributed by atoms with Crippen LogP contribution in [0.5, 0.6) is 17.2 Å². The van der Waals surface area contributed by atoms with E-state index in [-0.39, 0.29) is 29.6 Å². The predicted octanol–water partition coefficient (Wildman–Crippen LogP) is 6.36. The minimum absolute atomic E-state index is 0.0386. The number of aliphatic hydroxyl groups is 1. The number of ether oxygens (including phenoxy) is 2. The number of fused-ring (bicyclic) bond motifs is 1. The number of halogens is 1. The van der Waals surface area contributed by atoms with Gasteiger partial charge in [-0.15, -0.1) is 0 Å². The zero-order valence-corrected chi connectivity index (χ0v) is 22.8. The van der Waals surface area contributed by atoms with E-state index in [1.165, 1.54) is 18.2 Å². The summed E-state index contributed by atoms with van der Waals surface area (Å²) in [6.07, 6.45) is 0.466. The molecule has 3 aromatic rings. The molecule has 4 rings (SSSR count). The number of hydrogen-bond acceptors (Lipinski definition) is 6. The summed E-state index contributed by atoms with van der Waals surface area (Å²) < 4.78 is 11.6. The third-order valence-electron chi connectivity index (χ3n) is 6.49. The van der Waals surface area contributed by atoms with E-state index in [9.17, 15) is 24.9 Å². The maximum Gasteiger partial charge on any atom is 0.410 e.